The number of hydrogen-bond acceptors (Lipinski definition) is 6. The normalized spacial score (nSPS) is 20.7. The van der Waals surface area contributed by atoms with Crippen molar-refractivity contribution in [3.8, 4) is 0 Å². The molecule has 162 valence electrons. The molecular weight excluding hydrogens is 395 g/mol. The molecule has 4 rings (SSSR count). The Kier molecular flexibility index (Phi) is 5.73. The summed E-state index contributed by atoms with van der Waals surface area (Å²) >= 11 is 0. The predicted molar refractivity (Wildman–Crippen MR) is 119 cm³/mol. The van der Waals surface area contributed by atoms with Gasteiger partial charge in [-0.3, -0.25) is 10.6 Å². The summed E-state index contributed by atoms with van der Waals surface area (Å²) in [6.07, 6.45) is 4.11. The molecule has 2 unspecified atom stereocenters. The number of hydrogen-bond donors (Lipinski definition) is 2. The van der Waals surface area contributed by atoms with E-state index in [-0.39, 0.29) is 17.5 Å². The molecule has 2 atom stereocenters. The molecular formula is C23H27FN6O. The summed E-state index contributed by atoms with van der Waals surface area (Å²) < 4.78 is 14.1. The van der Waals surface area contributed by atoms with Crippen molar-refractivity contribution < 1.29 is 9.18 Å². The molecule has 1 aromatic heterocycles. The highest BCUT2D eigenvalue weighted by molar-refractivity contribution is 5.99. The number of halogens is 1. The number of nitrogens with one attached hydrogen (secondary N) is 1. The van der Waals surface area contributed by atoms with Gasteiger partial charge in [0.15, 0.2) is 0 Å². The van der Waals surface area contributed by atoms with Crippen LogP contribution in [0.5, 0.6) is 0 Å². The van der Waals surface area contributed by atoms with Crippen LogP contribution in [0.1, 0.15) is 33.7 Å². The summed E-state index contributed by atoms with van der Waals surface area (Å²) in [6.45, 7) is 9.66. The highest BCUT2D eigenvalue weighted by Gasteiger charge is 2.45. The smallest absolute Gasteiger partial charge is 0.254 e. The highest BCUT2D eigenvalue weighted by atomic mass is 19.1. The molecule has 2 aliphatic rings. The van der Waals surface area contributed by atoms with E-state index in [0.29, 0.717) is 36.2 Å². The molecule has 1 amide bonds. The van der Waals surface area contributed by atoms with Crippen LogP contribution in [0.2, 0.25) is 0 Å². The Labute approximate surface area is 181 Å². The van der Waals surface area contributed by atoms with E-state index in [2.05, 4.69) is 26.9 Å². The van der Waals surface area contributed by atoms with Gasteiger partial charge in [-0.2, -0.15) is 0 Å². The monoisotopic (exact) mass is 422 g/mol. The summed E-state index contributed by atoms with van der Waals surface area (Å²) in [4.78, 5) is 26.5. The number of anilines is 1. The minimum atomic E-state index is -0.467. The number of aryl methyl sites for hydroxylation is 2. The number of fused-ring (bicyclic) bond motifs is 1. The van der Waals surface area contributed by atoms with E-state index in [1.165, 1.54) is 12.1 Å². The van der Waals surface area contributed by atoms with Gasteiger partial charge in [-0.1, -0.05) is 12.7 Å². The summed E-state index contributed by atoms with van der Waals surface area (Å²) in [5.74, 6) is 6.16. The van der Waals surface area contributed by atoms with Gasteiger partial charge in [-0.25, -0.2) is 14.4 Å². The quantitative estimate of drug-likeness (QED) is 0.438. The van der Waals surface area contributed by atoms with E-state index >= 15 is 0 Å². The first-order chi connectivity index (χ1) is 14.9. The molecule has 31 heavy (non-hydrogen) atoms. The van der Waals surface area contributed by atoms with Crippen LogP contribution in [0.15, 0.2) is 43.0 Å². The van der Waals surface area contributed by atoms with Crippen molar-refractivity contribution in [3.63, 3.8) is 0 Å². The number of benzene rings is 1. The van der Waals surface area contributed by atoms with E-state index in [9.17, 15) is 9.18 Å². The van der Waals surface area contributed by atoms with Crippen LogP contribution in [-0.4, -0.2) is 46.5 Å². The van der Waals surface area contributed by atoms with Gasteiger partial charge in [0.1, 0.15) is 5.82 Å². The van der Waals surface area contributed by atoms with Crippen LogP contribution in [-0.2, 0) is 0 Å². The minimum absolute atomic E-state index is 0.159. The number of aromatic nitrogens is 2. The first kappa shape index (κ1) is 21.0. The maximum Gasteiger partial charge on any atom is 0.254 e. The Balaban J connectivity index is 1.59. The number of allylic oxidation sites excluding steroid dienone is 2. The molecule has 2 aromatic rings. The standard InChI is InChI=1S/C23H27FN6O/c1-4-5-20(28-25)18-7-6-17(24)11-19(18)22(31)29-9-8-16-12-30(21(16)13-29)23-26-14(2)10-15(3)27-23/h4-7,10-11,16,21,28H,1,8-9,12-13,25H2,2-3H3/b20-5-. The van der Waals surface area contributed by atoms with Gasteiger partial charge in [0.05, 0.1) is 17.3 Å². The molecule has 2 saturated heterocycles. The third-order valence-corrected chi connectivity index (χ3v) is 6.01. The number of likely N-dealkylation sites (tertiary alicyclic amines) is 1. The molecule has 2 aliphatic heterocycles. The fourth-order valence-electron chi connectivity index (χ4n) is 4.48. The molecule has 3 N–H and O–H groups in total. The van der Waals surface area contributed by atoms with Crippen molar-refractivity contribution in [1.29, 1.82) is 0 Å². The lowest BCUT2D eigenvalue weighted by atomic mass is 9.82. The van der Waals surface area contributed by atoms with Crippen LogP contribution < -0.4 is 16.2 Å². The second-order valence-corrected chi connectivity index (χ2v) is 8.12. The van der Waals surface area contributed by atoms with Crippen LogP contribution >= 0.6 is 0 Å². The summed E-state index contributed by atoms with van der Waals surface area (Å²) in [7, 11) is 0. The summed E-state index contributed by atoms with van der Waals surface area (Å²) in [6, 6.07) is 6.25. The number of rotatable bonds is 5. The number of hydrazine groups is 1. The van der Waals surface area contributed by atoms with Gasteiger partial charge in [0.25, 0.3) is 5.91 Å². The average molecular weight is 423 g/mol. The van der Waals surface area contributed by atoms with Gasteiger partial charge >= 0.3 is 0 Å². The minimum Gasteiger partial charge on any atom is -0.337 e. The zero-order chi connectivity index (χ0) is 22.1. The van der Waals surface area contributed by atoms with Crippen molar-refractivity contribution in [2.75, 3.05) is 24.5 Å². The molecule has 8 heteroatoms. The Morgan fingerprint density at radius 2 is 1.97 bits per heavy atom. The van der Waals surface area contributed by atoms with Crippen LogP contribution in [0.3, 0.4) is 0 Å². The Morgan fingerprint density at radius 1 is 1.23 bits per heavy atom. The lowest BCUT2D eigenvalue weighted by Gasteiger charge is -2.53. The zero-order valence-electron chi connectivity index (χ0n) is 17.8. The average Bonchev–Trinajstić information content (AvgIpc) is 2.72. The maximum absolute atomic E-state index is 14.1. The maximum atomic E-state index is 14.1. The summed E-state index contributed by atoms with van der Waals surface area (Å²) in [5.41, 5.74) is 5.75. The van der Waals surface area contributed by atoms with E-state index < -0.39 is 5.82 Å². The molecule has 1 aromatic carbocycles. The molecule has 0 bridgehead atoms. The third kappa shape index (κ3) is 4.03. The van der Waals surface area contributed by atoms with E-state index in [0.717, 1.165) is 24.4 Å². The molecule has 0 saturated carbocycles. The van der Waals surface area contributed by atoms with Gasteiger partial charge < -0.3 is 15.2 Å². The second-order valence-electron chi connectivity index (χ2n) is 8.12. The highest BCUT2D eigenvalue weighted by Crippen LogP contribution is 2.36. The van der Waals surface area contributed by atoms with Gasteiger partial charge in [-0.05, 0) is 50.6 Å². The Morgan fingerprint density at radius 3 is 2.65 bits per heavy atom. The van der Waals surface area contributed by atoms with Gasteiger partial charge in [0, 0.05) is 42.5 Å². The first-order valence-electron chi connectivity index (χ1n) is 10.4. The van der Waals surface area contributed by atoms with Crippen LogP contribution in [0, 0.1) is 25.6 Å². The van der Waals surface area contributed by atoms with Crippen LogP contribution in [0.4, 0.5) is 10.3 Å². The summed E-state index contributed by atoms with van der Waals surface area (Å²) in [5, 5.41) is 0. The molecule has 7 nitrogen and oxygen atoms in total. The van der Waals surface area contributed by atoms with E-state index in [1.807, 2.05) is 19.9 Å². The lowest BCUT2D eigenvalue weighted by molar-refractivity contribution is 0.0588. The largest absolute Gasteiger partial charge is 0.337 e. The SMILES string of the molecule is C=C/C=C(\NN)c1ccc(F)cc1C(=O)N1CCC2CN(c3nc(C)cc(C)n3)C2C1. The Bertz CT molecular complexity index is 1030. The first-order valence-corrected chi connectivity index (χ1v) is 10.4. The van der Waals surface area contributed by atoms with E-state index in [1.54, 1.807) is 23.1 Å². The second kappa shape index (κ2) is 8.47. The molecule has 3 heterocycles. The number of carbonyl (C=O) groups is 1. The fraction of sp³-hybridized carbons (Fsp3) is 0.348. The van der Waals surface area contributed by atoms with Crippen molar-refractivity contribution in [1.82, 2.24) is 20.3 Å². The topological polar surface area (TPSA) is 87.4 Å². The predicted octanol–water partition coefficient (Wildman–Crippen LogP) is 2.57. The third-order valence-electron chi connectivity index (χ3n) is 6.01. The number of amides is 1. The van der Waals surface area contributed by atoms with Crippen molar-refractivity contribution >= 4 is 17.6 Å². The number of nitrogens with zero attached hydrogens (tertiary/aromatic N) is 4. The van der Waals surface area contributed by atoms with Gasteiger partial charge in [-0.15, -0.1) is 0 Å². The number of piperidine rings is 1. The van der Waals surface area contributed by atoms with Crippen molar-refractivity contribution in [2.45, 2.75) is 26.3 Å². The number of nitrogens with two attached hydrogens (primary N) is 1. The van der Waals surface area contributed by atoms with Crippen molar-refractivity contribution in [3.05, 3.63) is 71.3 Å². The Hall–Kier alpha value is -3.26. The molecule has 0 spiro atoms. The lowest BCUT2D eigenvalue weighted by Crippen LogP contribution is -2.65. The molecule has 0 aliphatic carbocycles. The number of carbonyl (C=O) groups excluding carboxylic acids is 1. The molecule has 2 fully saturated rings. The van der Waals surface area contributed by atoms with Crippen molar-refractivity contribution in [2.24, 2.45) is 11.8 Å². The zero-order valence-corrected chi connectivity index (χ0v) is 17.8. The fourth-order valence-corrected chi connectivity index (χ4v) is 4.48. The van der Waals surface area contributed by atoms with Crippen LogP contribution in [0.25, 0.3) is 5.70 Å². The van der Waals surface area contributed by atoms with Gasteiger partial charge in [0.2, 0.25) is 5.95 Å². The molecule has 0 radical (unpaired) electrons. The van der Waals surface area contributed by atoms with E-state index in [4.69, 9.17) is 5.84 Å².